The van der Waals surface area contributed by atoms with Crippen LogP contribution in [0.4, 0.5) is 0 Å². The molecule has 21 heavy (non-hydrogen) atoms. The maximum atomic E-state index is 9.65. The lowest BCUT2D eigenvalue weighted by Gasteiger charge is -2.17. The second kappa shape index (κ2) is 11.1. The van der Waals surface area contributed by atoms with Gasteiger partial charge in [0.25, 0.3) is 0 Å². The lowest BCUT2D eigenvalue weighted by atomic mass is 9.90. The van der Waals surface area contributed by atoms with Gasteiger partial charge in [-0.2, -0.15) is 5.26 Å². The quantitative estimate of drug-likeness (QED) is 0.469. The van der Waals surface area contributed by atoms with E-state index in [9.17, 15) is 5.11 Å². The molecule has 2 nitrogen and oxygen atoms in total. The van der Waals surface area contributed by atoms with Gasteiger partial charge in [0.2, 0.25) is 0 Å². The first kappa shape index (κ1) is 20.5. The Morgan fingerprint density at radius 1 is 0.857 bits per heavy atom. The fraction of sp³-hybridized carbons (Fsp3) is 0.947. The van der Waals surface area contributed by atoms with Gasteiger partial charge in [-0.05, 0) is 37.5 Å². The summed E-state index contributed by atoms with van der Waals surface area (Å²) < 4.78 is 0. The van der Waals surface area contributed by atoms with Gasteiger partial charge in [0.05, 0.1) is 6.07 Å². The normalized spacial score (nSPS) is 17.2. The highest BCUT2D eigenvalue weighted by atomic mass is 16.3. The number of aliphatic hydroxyl groups is 1. The highest BCUT2D eigenvalue weighted by Crippen LogP contribution is 2.22. The number of hydrogen-bond donors (Lipinski definition) is 1. The molecular weight excluding hydrogens is 258 g/mol. The Labute approximate surface area is 132 Å². The molecule has 0 aromatic heterocycles. The largest absolute Gasteiger partial charge is 0.376 e. The minimum Gasteiger partial charge on any atom is -0.376 e. The number of nitrogens with zero attached hydrogens (tertiary/aromatic N) is 1. The van der Waals surface area contributed by atoms with Gasteiger partial charge in [-0.25, -0.2) is 0 Å². The van der Waals surface area contributed by atoms with Gasteiger partial charge < -0.3 is 5.11 Å². The molecule has 0 unspecified atom stereocenters. The smallest absolute Gasteiger partial charge is 0.148 e. The monoisotopic (exact) mass is 295 g/mol. The van der Waals surface area contributed by atoms with Gasteiger partial charge in [0.15, 0.2) is 0 Å². The van der Waals surface area contributed by atoms with Crippen LogP contribution in [0.3, 0.4) is 0 Å². The van der Waals surface area contributed by atoms with Crippen molar-refractivity contribution in [3.8, 4) is 6.07 Å². The zero-order chi connectivity index (χ0) is 16.3. The zero-order valence-corrected chi connectivity index (χ0v) is 15.0. The van der Waals surface area contributed by atoms with Gasteiger partial charge in [0.1, 0.15) is 5.60 Å². The first-order chi connectivity index (χ1) is 9.76. The van der Waals surface area contributed by atoms with Crippen LogP contribution in [0.25, 0.3) is 0 Å². The van der Waals surface area contributed by atoms with E-state index in [1.165, 1.54) is 38.5 Å². The van der Waals surface area contributed by atoms with Crippen molar-refractivity contribution in [3.05, 3.63) is 0 Å². The highest BCUT2D eigenvalue weighted by molar-refractivity contribution is 4.95. The fourth-order valence-electron chi connectivity index (χ4n) is 2.83. The Bertz CT molecular complexity index is 290. The van der Waals surface area contributed by atoms with Crippen LogP contribution in [-0.2, 0) is 0 Å². The van der Waals surface area contributed by atoms with E-state index in [2.05, 4.69) is 27.7 Å². The average Bonchev–Trinajstić information content (AvgIpc) is 2.38. The first-order valence-electron chi connectivity index (χ1n) is 8.90. The molecule has 0 aromatic carbocycles. The van der Waals surface area contributed by atoms with E-state index >= 15 is 0 Å². The van der Waals surface area contributed by atoms with Crippen LogP contribution in [0, 0.1) is 29.1 Å². The second-order valence-corrected chi connectivity index (χ2v) is 7.74. The number of nitriles is 1. The van der Waals surface area contributed by atoms with Crippen molar-refractivity contribution < 1.29 is 5.11 Å². The molecule has 2 heteroatoms. The Morgan fingerprint density at radius 3 is 1.71 bits per heavy atom. The Kier molecular flexibility index (Phi) is 10.8. The van der Waals surface area contributed by atoms with Gasteiger partial charge >= 0.3 is 0 Å². The summed E-state index contributed by atoms with van der Waals surface area (Å²) in [6.45, 7) is 10.9. The van der Waals surface area contributed by atoms with E-state index in [-0.39, 0.29) is 0 Å². The minimum atomic E-state index is -1.13. The van der Waals surface area contributed by atoms with Crippen molar-refractivity contribution >= 4 is 0 Å². The van der Waals surface area contributed by atoms with E-state index in [1.54, 1.807) is 6.92 Å². The molecule has 0 aliphatic heterocycles. The molecule has 0 aliphatic carbocycles. The van der Waals surface area contributed by atoms with Crippen LogP contribution in [0.2, 0.25) is 0 Å². The summed E-state index contributed by atoms with van der Waals surface area (Å²) in [7, 11) is 0. The van der Waals surface area contributed by atoms with Gasteiger partial charge in [0, 0.05) is 0 Å². The summed E-state index contributed by atoms with van der Waals surface area (Å²) in [6, 6.07) is 1.96. The second-order valence-electron chi connectivity index (χ2n) is 7.74. The third-order valence-corrected chi connectivity index (χ3v) is 4.47. The molecule has 0 fully saturated rings. The van der Waals surface area contributed by atoms with Crippen molar-refractivity contribution in [2.24, 2.45) is 17.8 Å². The summed E-state index contributed by atoms with van der Waals surface area (Å²) in [5, 5.41) is 18.4. The van der Waals surface area contributed by atoms with E-state index in [1.807, 2.05) is 6.07 Å². The lowest BCUT2D eigenvalue weighted by Crippen LogP contribution is -2.20. The number of hydrogen-bond acceptors (Lipinski definition) is 2. The molecule has 0 aromatic rings. The fourth-order valence-corrected chi connectivity index (χ4v) is 2.83. The van der Waals surface area contributed by atoms with Crippen molar-refractivity contribution in [1.29, 1.82) is 5.26 Å². The van der Waals surface area contributed by atoms with Crippen molar-refractivity contribution in [2.75, 3.05) is 0 Å². The minimum absolute atomic E-state index is 0.597. The summed E-state index contributed by atoms with van der Waals surface area (Å²) in [6.07, 6.45) is 10.7. The van der Waals surface area contributed by atoms with Crippen LogP contribution in [0.1, 0.15) is 92.4 Å². The molecule has 0 rings (SSSR count). The molecule has 0 spiro atoms. The van der Waals surface area contributed by atoms with Gasteiger partial charge in [-0.3, -0.25) is 0 Å². The van der Waals surface area contributed by atoms with Gasteiger partial charge in [-0.15, -0.1) is 0 Å². The molecular formula is C19H37NO. The Morgan fingerprint density at radius 2 is 1.29 bits per heavy atom. The Hall–Kier alpha value is -0.550. The molecule has 0 amide bonds. The zero-order valence-electron chi connectivity index (χ0n) is 15.0. The van der Waals surface area contributed by atoms with E-state index in [4.69, 9.17) is 5.26 Å². The Balaban J connectivity index is 3.57. The SMILES string of the molecule is CC(C)CCC[C@H](C)CCC[C@@H](C)CCC[C@@](C)(O)C#N. The summed E-state index contributed by atoms with van der Waals surface area (Å²) >= 11 is 0. The van der Waals surface area contributed by atoms with E-state index < -0.39 is 5.60 Å². The molecule has 0 saturated carbocycles. The van der Waals surface area contributed by atoms with Crippen LogP contribution in [0.15, 0.2) is 0 Å². The average molecular weight is 296 g/mol. The van der Waals surface area contributed by atoms with Crippen LogP contribution >= 0.6 is 0 Å². The molecule has 0 saturated heterocycles. The maximum Gasteiger partial charge on any atom is 0.148 e. The summed E-state index contributed by atoms with van der Waals surface area (Å²) in [4.78, 5) is 0. The third-order valence-electron chi connectivity index (χ3n) is 4.47. The molecule has 0 radical (unpaired) electrons. The highest BCUT2D eigenvalue weighted by Gasteiger charge is 2.18. The summed E-state index contributed by atoms with van der Waals surface area (Å²) in [5.41, 5.74) is -1.13. The van der Waals surface area contributed by atoms with E-state index in [0.717, 1.165) is 24.7 Å². The van der Waals surface area contributed by atoms with Crippen molar-refractivity contribution in [1.82, 2.24) is 0 Å². The molecule has 3 atom stereocenters. The topological polar surface area (TPSA) is 44.0 Å². The summed E-state index contributed by atoms with van der Waals surface area (Å²) in [5.74, 6) is 2.40. The van der Waals surface area contributed by atoms with E-state index in [0.29, 0.717) is 12.3 Å². The van der Waals surface area contributed by atoms with Crippen LogP contribution in [0.5, 0.6) is 0 Å². The number of rotatable bonds is 12. The van der Waals surface area contributed by atoms with Crippen molar-refractivity contribution in [3.63, 3.8) is 0 Å². The molecule has 124 valence electrons. The first-order valence-corrected chi connectivity index (χ1v) is 8.90. The molecule has 0 heterocycles. The predicted octanol–water partition coefficient (Wildman–Crippen LogP) is 5.70. The lowest BCUT2D eigenvalue weighted by molar-refractivity contribution is 0.105. The molecule has 1 N–H and O–H groups in total. The van der Waals surface area contributed by atoms with Crippen molar-refractivity contribution in [2.45, 2.75) is 98.0 Å². The molecule has 0 aliphatic rings. The molecule has 0 bridgehead atoms. The third kappa shape index (κ3) is 12.9. The van der Waals surface area contributed by atoms with Gasteiger partial charge in [-0.1, -0.05) is 72.6 Å². The maximum absolute atomic E-state index is 9.65. The predicted molar refractivity (Wildman–Crippen MR) is 91.0 cm³/mol. The van der Waals surface area contributed by atoms with Crippen LogP contribution < -0.4 is 0 Å². The van der Waals surface area contributed by atoms with Crippen LogP contribution in [-0.4, -0.2) is 10.7 Å². The standard InChI is InChI=1S/C19H37NO/c1-16(2)9-6-10-17(3)11-7-12-18(4)13-8-14-19(5,21)15-20/h16-18,21H,6-14H2,1-5H3/t17-,18+,19+/m0/s1.